The first-order chi connectivity index (χ1) is 10.4. The van der Waals surface area contributed by atoms with E-state index in [2.05, 4.69) is 15.5 Å². The highest BCUT2D eigenvalue weighted by Crippen LogP contribution is 2.16. The van der Waals surface area contributed by atoms with Crippen molar-refractivity contribution in [3.8, 4) is 0 Å². The molecule has 0 aliphatic heterocycles. The van der Waals surface area contributed by atoms with Gasteiger partial charge >= 0.3 is 6.18 Å². The zero-order valence-electron chi connectivity index (χ0n) is 12.1. The number of fused-ring (bicyclic) bond motifs is 1. The van der Waals surface area contributed by atoms with Gasteiger partial charge in [0.15, 0.2) is 0 Å². The van der Waals surface area contributed by atoms with E-state index in [1.165, 1.54) is 11.9 Å². The van der Waals surface area contributed by atoms with Gasteiger partial charge < -0.3 is 5.32 Å². The third-order valence-electron chi connectivity index (χ3n) is 3.18. The minimum Gasteiger partial charge on any atom is -0.352 e. The predicted molar refractivity (Wildman–Crippen MR) is 76.6 cm³/mol. The van der Waals surface area contributed by atoms with Crippen molar-refractivity contribution in [3.05, 3.63) is 30.0 Å². The van der Waals surface area contributed by atoms with Crippen LogP contribution in [0.15, 0.2) is 24.4 Å². The molecule has 0 atom stereocenters. The molecule has 8 heteroatoms. The summed E-state index contributed by atoms with van der Waals surface area (Å²) in [5, 5.41) is 10.1. The zero-order valence-corrected chi connectivity index (χ0v) is 12.1. The number of halogens is 3. The summed E-state index contributed by atoms with van der Waals surface area (Å²) in [5.74, 6) is -0.259. The van der Waals surface area contributed by atoms with Crippen LogP contribution in [0.5, 0.6) is 0 Å². The number of rotatable bonds is 6. The lowest BCUT2D eigenvalue weighted by molar-refractivity contribution is -0.143. The first-order valence-electron chi connectivity index (χ1n) is 6.82. The third-order valence-corrected chi connectivity index (χ3v) is 3.18. The number of aromatic nitrogens is 2. The molecule has 5 nitrogen and oxygen atoms in total. The van der Waals surface area contributed by atoms with Crippen LogP contribution in [0.3, 0.4) is 0 Å². The summed E-state index contributed by atoms with van der Waals surface area (Å²) in [5.41, 5.74) is 1.26. The lowest BCUT2D eigenvalue weighted by Gasteiger charge is -2.18. The van der Waals surface area contributed by atoms with E-state index < -0.39 is 12.7 Å². The summed E-state index contributed by atoms with van der Waals surface area (Å²) in [6.07, 6.45) is -2.18. The van der Waals surface area contributed by atoms with E-state index in [0.29, 0.717) is 23.9 Å². The molecule has 0 unspecified atom stereocenters. The Labute approximate surface area is 125 Å². The summed E-state index contributed by atoms with van der Waals surface area (Å²) >= 11 is 0. The van der Waals surface area contributed by atoms with Gasteiger partial charge in [0.1, 0.15) is 0 Å². The van der Waals surface area contributed by atoms with Gasteiger partial charge in [-0.2, -0.15) is 18.3 Å². The molecule has 1 aromatic carbocycles. The number of aromatic amines is 1. The smallest absolute Gasteiger partial charge is 0.352 e. The molecule has 1 aromatic heterocycles. The van der Waals surface area contributed by atoms with Crippen molar-refractivity contribution in [1.82, 2.24) is 20.4 Å². The lowest BCUT2D eigenvalue weighted by atomic mass is 10.1. The van der Waals surface area contributed by atoms with Crippen LogP contribution in [0.2, 0.25) is 0 Å². The molecule has 0 bridgehead atoms. The van der Waals surface area contributed by atoms with Crippen molar-refractivity contribution in [1.29, 1.82) is 0 Å². The van der Waals surface area contributed by atoms with Crippen LogP contribution in [0.25, 0.3) is 10.9 Å². The topological polar surface area (TPSA) is 61.0 Å². The number of nitrogens with zero attached hydrogens (tertiary/aromatic N) is 2. The molecule has 0 radical (unpaired) electrons. The molecule has 0 aliphatic carbocycles. The van der Waals surface area contributed by atoms with Gasteiger partial charge in [0, 0.05) is 11.9 Å². The van der Waals surface area contributed by atoms with Crippen LogP contribution in [-0.4, -0.2) is 53.9 Å². The number of amides is 1. The fourth-order valence-corrected chi connectivity index (χ4v) is 2.20. The highest BCUT2D eigenvalue weighted by molar-refractivity contribution is 6.05. The molecule has 1 heterocycles. The standard InChI is InChI=1S/C14H17F3N4O/c1-21(9-14(15,16)17)7-3-6-18-13(22)10-4-2-5-12-11(10)8-19-20-12/h2,4-5,8H,3,6-7,9H2,1H3,(H,18,22)(H,19,20). The number of carbonyl (C=O) groups is 1. The van der Waals surface area contributed by atoms with Crippen LogP contribution >= 0.6 is 0 Å². The first-order valence-corrected chi connectivity index (χ1v) is 6.82. The number of nitrogens with one attached hydrogen (secondary N) is 2. The maximum atomic E-state index is 12.2. The summed E-state index contributed by atoms with van der Waals surface area (Å²) in [7, 11) is 1.40. The van der Waals surface area contributed by atoms with Crippen molar-refractivity contribution in [2.45, 2.75) is 12.6 Å². The van der Waals surface area contributed by atoms with Gasteiger partial charge in [-0.1, -0.05) is 6.07 Å². The van der Waals surface area contributed by atoms with Gasteiger partial charge in [0.05, 0.1) is 23.8 Å². The molecule has 120 valence electrons. The van der Waals surface area contributed by atoms with Crippen LogP contribution in [0.1, 0.15) is 16.8 Å². The third kappa shape index (κ3) is 4.45. The molecular formula is C14H17F3N4O. The summed E-state index contributed by atoms with van der Waals surface area (Å²) in [6, 6.07) is 5.24. The molecule has 0 fully saturated rings. The van der Waals surface area contributed by atoms with E-state index in [1.54, 1.807) is 18.3 Å². The highest BCUT2D eigenvalue weighted by Gasteiger charge is 2.28. The van der Waals surface area contributed by atoms with E-state index in [9.17, 15) is 18.0 Å². The van der Waals surface area contributed by atoms with E-state index in [4.69, 9.17) is 0 Å². The monoisotopic (exact) mass is 314 g/mol. The van der Waals surface area contributed by atoms with Crippen LogP contribution in [0, 0.1) is 0 Å². The average Bonchev–Trinajstić information content (AvgIpc) is 2.89. The second kappa shape index (κ2) is 6.78. The maximum Gasteiger partial charge on any atom is 0.401 e. The summed E-state index contributed by atoms with van der Waals surface area (Å²) in [4.78, 5) is 13.3. The van der Waals surface area contributed by atoms with Gasteiger partial charge in [-0.3, -0.25) is 14.8 Å². The van der Waals surface area contributed by atoms with E-state index in [0.717, 1.165) is 5.52 Å². The molecule has 2 N–H and O–H groups in total. The highest BCUT2D eigenvalue weighted by atomic mass is 19.4. The minimum atomic E-state index is -4.20. The Balaban J connectivity index is 1.80. The molecular weight excluding hydrogens is 297 g/mol. The zero-order chi connectivity index (χ0) is 16.2. The Morgan fingerprint density at radius 1 is 1.41 bits per heavy atom. The number of alkyl halides is 3. The number of H-pyrrole nitrogens is 1. The maximum absolute atomic E-state index is 12.2. The Morgan fingerprint density at radius 2 is 2.18 bits per heavy atom. The van der Waals surface area contributed by atoms with Gasteiger partial charge in [-0.25, -0.2) is 0 Å². The molecule has 2 rings (SSSR count). The first kappa shape index (κ1) is 16.3. The number of benzene rings is 1. The second-order valence-corrected chi connectivity index (χ2v) is 5.10. The summed E-state index contributed by atoms with van der Waals surface area (Å²) < 4.78 is 36.5. The molecule has 0 saturated carbocycles. The SMILES string of the molecule is CN(CCCNC(=O)c1cccc2[nH]ncc12)CC(F)(F)F. The second-order valence-electron chi connectivity index (χ2n) is 5.10. The number of hydrogen-bond acceptors (Lipinski definition) is 3. The largest absolute Gasteiger partial charge is 0.401 e. The van der Waals surface area contributed by atoms with E-state index in [1.807, 2.05) is 6.07 Å². The fraction of sp³-hybridized carbons (Fsp3) is 0.429. The van der Waals surface area contributed by atoms with Gasteiger partial charge in [-0.05, 0) is 32.1 Å². The van der Waals surface area contributed by atoms with Crippen LogP contribution < -0.4 is 5.32 Å². The van der Waals surface area contributed by atoms with Gasteiger partial charge in [0.2, 0.25) is 0 Å². The lowest BCUT2D eigenvalue weighted by Crippen LogP contribution is -2.33. The average molecular weight is 314 g/mol. The molecule has 0 aliphatic rings. The fourth-order valence-electron chi connectivity index (χ4n) is 2.20. The molecule has 1 amide bonds. The molecule has 0 saturated heterocycles. The minimum absolute atomic E-state index is 0.259. The van der Waals surface area contributed by atoms with Crippen LogP contribution in [0.4, 0.5) is 13.2 Å². The van der Waals surface area contributed by atoms with Gasteiger partial charge in [0.25, 0.3) is 5.91 Å². The van der Waals surface area contributed by atoms with E-state index in [-0.39, 0.29) is 12.5 Å². The van der Waals surface area contributed by atoms with Gasteiger partial charge in [-0.15, -0.1) is 0 Å². The molecule has 0 spiro atoms. The quantitative estimate of drug-likeness (QED) is 0.804. The Bertz CT molecular complexity index is 638. The van der Waals surface area contributed by atoms with Crippen molar-refractivity contribution < 1.29 is 18.0 Å². The van der Waals surface area contributed by atoms with Crippen molar-refractivity contribution in [2.24, 2.45) is 0 Å². The number of carbonyl (C=O) groups excluding carboxylic acids is 1. The van der Waals surface area contributed by atoms with Crippen LogP contribution in [-0.2, 0) is 0 Å². The molecule has 22 heavy (non-hydrogen) atoms. The molecule has 2 aromatic rings. The number of hydrogen-bond donors (Lipinski definition) is 2. The summed E-state index contributed by atoms with van der Waals surface area (Å²) in [6.45, 7) is -0.375. The van der Waals surface area contributed by atoms with Crippen molar-refractivity contribution >= 4 is 16.8 Å². The normalized spacial score (nSPS) is 12.0. The Kier molecular flexibility index (Phi) is 5.02. The van der Waals surface area contributed by atoms with E-state index >= 15 is 0 Å². The Hall–Kier alpha value is -2.09. The van der Waals surface area contributed by atoms with Crippen molar-refractivity contribution in [3.63, 3.8) is 0 Å². The Morgan fingerprint density at radius 3 is 2.91 bits per heavy atom. The van der Waals surface area contributed by atoms with Crippen molar-refractivity contribution in [2.75, 3.05) is 26.7 Å². The predicted octanol–water partition coefficient (Wildman–Crippen LogP) is 2.18.